The standard InChI is InChI=1S/C17H26O/c1-12(7-9-14(3)18)16-11-15(17(4,5)6)10-8-13(16)2/h8,10-12H,7,9H2,1-6H3. The Balaban J connectivity index is 2.97. The third kappa shape index (κ3) is 3.97. The number of hydrogen-bond acceptors (Lipinski definition) is 1. The van der Waals surface area contributed by atoms with Gasteiger partial charge in [0, 0.05) is 6.42 Å². The fourth-order valence-electron chi connectivity index (χ4n) is 2.21. The Hall–Kier alpha value is -1.11. The molecule has 0 spiro atoms. The van der Waals surface area contributed by atoms with E-state index in [1.165, 1.54) is 16.7 Å². The number of Topliss-reactive ketones (excluding diaryl/α,β-unsaturated/α-hetero) is 1. The highest BCUT2D eigenvalue weighted by Gasteiger charge is 2.17. The summed E-state index contributed by atoms with van der Waals surface area (Å²) in [6.45, 7) is 12.8. The molecule has 0 aliphatic heterocycles. The Labute approximate surface area is 112 Å². The molecule has 0 bridgehead atoms. The average Bonchev–Trinajstić information content (AvgIpc) is 2.24. The van der Waals surface area contributed by atoms with Gasteiger partial charge in [0.25, 0.3) is 0 Å². The highest BCUT2D eigenvalue weighted by molar-refractivity contribution is 5.75. The van der Waals surface area contributed by atoms with Crippen molar-refractivity contribution in [1.82, 2.24) is 0 Å². The zero-order valence-corrected chi connectivity index (χ0v) is 12.6. The van der Waals surface area contributed by atoms with Crippen LogP contribution in [0.1, 0.15) is 70.1 Å². The average molecular weight is 246 g/mol. The molecule has 0 amide bonds. The molecular formula is C17H26O. The lowest BCUT2D eigenvalue weighted by Gasteiger charge is -2.23. The van der Waals surface area contributed by atoms with Gasteiger partial charge in [-0.1, -0.05) is 45.9 Å². The SMILES string of the molecule is CC(=O)CCC(C)c1cc(C(C)(C)C)ccc1C. The summed E-state index contributed by atoms with van der Waals surface area (Å²) in [5.41, 5.74) is 4.28. The van der Waals surface area contributed by atoms with Crippen molar-refractivity contribution in [3.8, 4) is 0 Å². The Kier molecular flexibility index (Phi) is 4.72. The van der Waals surface area contributed by atoms with Crippen LogP contribution in [0.5, 0.6) is 0 Å². The minimum Gasteiger partial charge on any atom is -0.300 e. The lowest BCUT2D eigenvalue weighted by atomic mass is 9.82. The van der Waals surface area contributed by atoms with E-state index in [4.69, 9.17) is 0 Å². The molecule has 0 N–H and O–H groups in total. The monoisotopic (exact) mass is 246 g/mol. The van der Waals surface area contributed by atoms with Gasteiger partial charge in [-0.15, -0.1) is 0 Å². The molecule has 1 heteroatoms. The molecule has 0 radical (unpaired) electrons. The number of carbonyl (C=O) groups is 1. The van der Waals surface area contributed by atoms with Crippen LogP contribution < -0.4 is 0 Å². The van der Waals surface area contributed by atoms with Crippen LogP contribution in [-0.4, -0.2) is 5.78 Å². The molecule has 100 valence electrons. The fraction of sp³-hybridized carbons (Fsp3) is 0.588. The maximum Gasteiger partial charge on any atom is 0.129 e. The maximum atomic E-state index is 11.1. The lowest BCUT2D eigenvalue weighted by molar-refractivity contribution is -0.117. The highest BCUT2D eigenvalue weighted by atomic mass is 16.1. The molecule has 1 aromatic carbocycles. The normalized spacial score (nSPS) is 13.4. The second-order valence-corrected chi connectivity index (χ2v) is 6.46. The van der Waals surface area contributed by atoms with Gasteiger partial charge in [0.1, 0.15) is 5.78 Å². The van der Waals surface area contributed by atoms with Crippen molar-refractivity contribution in [2.75, 3.05) is 0 Å². The summed E-state index contributed by atoms with van der Waals surface area (Å²) in [7, 11) is 0. The summed E-state index contributed by atoms with van der Waals surface area (Å²) >= 11 is 0. The third-order valence-corrected chi connectivity index (χ3v) is 3.61. The van der Waals surface area contributed by atoms with Gasteiger partial charge < -0.3 is 4.79 Å². The lowest BCUT2D eigenvalue weighted by Crippen LogP contribution is -2.12. The number of carbonyl (C=O) groups excluding carboxylic acids is 1. The number of rotatable bonds is 4. The van der Waals surface area contributed by atoms with Gasteiger partial charge in [0.15, 0.2) is 0 Å². The van der Waals surface area contributed by atoms with E-state index in [-0.39, 0.29) is 11.2 Å². The van der Waals surface area contributed by atoms with E-state index in [0.717, 1.165) is 6.42 Å². The van der Waals surface area contributed by atoms with Crippen molar-refractivity contribution in [3.63, 3.8) is 0 Å². The van der Waals surface area contributed by atoms with E-state index in [1.54, 1.807) is 6.92 Å². The zero-order valence-electron chi connectivity index (χ0n) is 12.6. The molecule has 0 saturated heterocycles. The van der Waals surface area contributed by atoms with Crippen molar-refractivity contribution in [2.45, 2.75) is 65.7 Å². The van der Waals surface area contributed by atoms with Gasteiger partial charge in [-0.25, -0.2) is 0 Å². The van der Waals surface area contributed by atoms with E-state index in [2.05, 4.69) is 52.8 Å². The zero-order chi connectivity index (χ0) is 13.9. The minimum atomic E-state index is 0.183. The van der Waals surface area contributed by atoms with Crippen molar-refractivity contribution in [2.24, 2.45) is 0 Å². The summed E-state index contributed by atoms with van der Waals surface area (Å²) in [6.07, 6.45) is 1.63. The molecule has 1 atom stereocenters. The molecule has 0 saturated carbocycles. The Morgan fingerprint density at radius 3 is 2.39 bits per heavy atom. The number of ketones is 1. The summed E-state index contributed by atoms with van der Waals surface area (Å²) in [4.78, 5) is 11.1. The van der Waals surface area contributed by atoms with Crippen LogP contribution in [0.4, 0.5) is 0 Å². The predicted octanol–water partition coefficient (Wildman–Crippen LogP) is 4.77. The molecule has 0 aliphatic carbocycles. The van der Waals surface area contributed by atoms with Crippen LogP contribution in [0.2, 0.25) is 0 Å². The van der Waals surface area contributed by atoms with Crippen molar-refractivity contribution in [3.05, 3.63) is 34.9 Å². The van der Waals surface area contributed by atoms with Crippen LogP contribution in [0.25, 0.3) is 0 Å². The van der Waals surface area contributed by atoms with E-state index < -0.39 is 0 Å². The third-order valence-electron chi connectivity index (χ3n) is 3.61. The van der Waals surface area contributed by atoms with E-state index in [9.17, 15) is 4.79 Å². The van der Waals surface area contributed by atoms with Gasteiger partial charge >= 0.3 is 0 Å². The molecule has 0 aromatic heterocycles. The molecular weight excluding hydrogens is 220 g/mol. The first-order valence-electron chi connectivity index (χ1n) is 6.82. The Morgan fingerprint density at radius 2 is 1.89 bits per heavy atom. The second-order valence-electron chi connectivity index (χ2n) is 6.46. The number of aryl methyl sites for hydroxylation is 1. The van der Waals surface area contributed by atoms with Gasteiger partial charge in [-0.2, -0.15) is 0 Å². The fourth-order valence-corrected chi connectivity index (χ4v) is 2.21. The summed E-state index contributed by atoms with van der Waals surface area (Å²) in [5, 5.41) is 0. The summed E-state index contributed by atoms with van der Waals surface area (Å²) < 4.78 is 0. The molecule has 18 heavy (non-hydrogen) atoms. The predicted molar refractivity (Wildman–Crippen MR) is 78.2 cm³/mol. The topological polar surface area (TPSA) is 17.1 Å². The maximum absolute atomic E-state index is 11.1. The molecule has 1 aromatic rings. The van der Waals surface area contributed by atoms with Crippen LogP contribution in [-0.2, 0) is 10.2 Å². The smallest absolute Gasteiger partial charge is 0.129 e. The molecule has 1 nitrogen and oxygen atoms in total. The van der Waals surface area contributed by atoms with E-state index >= 15 is 0 Å². The van der Waals surface area contributed by atoms with Crippen LogP contribution in [0.15, 0.2) is 18.2 Å². The molecule has 0 aliphatic rings. The summed E-state index contributed by atoms with van der Waals surface area (Å²) in [6, 6.07) is 6.75. The van der Waals surface area contributed by atoms with Crippen LogP contribution in [0.3, 0.4) is 0 Å². The molecule has 0 fully saturated rings. The van der Waals surface area contributed by atoms with Crippen molar-refractivity contribution in [1.29, 1.82) is 0 Å². The van der Waals surface area contributed by atoms with Gasteiger partial charge in [0.2, 0.25) is 0 Å². The minimum absolute atomic E-state index is 0.183. The van der Waals surface area contributed by atoms with E-state index in [0.29, 0.717) is 12.3 Å². The molecule has 1 rings (SSSR count). The van der Waals surface area contributed by atoms with Crippen LogP contribution in [0, 0.1) is 6.92 Å². The second kappa shape index (κ2) is 5.69. The van der Waals surface area contributed by atoms with E-state index in [1.807, 2.05) is 0 Å². The first-order valence-corrected chi connectivity index (χ1v) is 6.82. The first-order chi connectivity index (χ1) is 8.21. The quantitative estimate of drug-likeness (QED) is 0.748. The van der Waals surface area contributed by atoms with Crippen LogP contribution >= 0.6 is 0 Å². The van der Waals surface area contributed by atoms with Crippen molar-refractivity contribution < 1.29 is 4.79 Å². The molecule has 0 heterocycles. The number of hydrogen-bond donors (Lipinski definition) is 0. The Bertz CT molecular complexity index is 424. The van der Waals surface area contributed by atoms with Gasteiger partial charge in [-0.3, -0.25) is 0 Å². The van der Waals surface area contributed by atoms with Gasteiger partial charge in [-0.05, 0) is 48.3 Å². The summed E-state index contributed by atoms with van der Waals surface area (Å²) in [5.74, 6) is 0.739. The number of benzene rings is 1. The Morgan fingerprint density at radius 1 is 1.28 bits per heavy atom. The highest BCUT2D eigenvalue weighted by Crippen LogP contribution is 2.30. The van der Waals surface area contributed by atoms with Crippen molar-refractivity contribution >= 4 is 5.78 Å². The first kappa shape index (κ1) is 14.9. The van der Waals surface area contributed by atoms with Gasteiger partial charge in [0.05, 0.1) is 0 Å². The molecule has 1 unspecified atom stereocenters. The largest absolute Gasteiger partial charge is 0.300 e.